The largest absolute Gasteiger partial charge is 0.309 e. The van der Waals surface area contributed by atoms with Gasteiger partial charge in [0.15, 0.2) is 0 Å². The number of nitrogens with zero attached hydrogens (tertiary/aromatic N) is 1. The van der Waals surface area contributed by atoms with Crippen LogP contribution >= 0.6 is 11.3 Å². The molecule has 10 aromatic carbocycles. The Bertz CT molecular complexity index is 3460. The second-order valence-corrected chi connectivity index (χ2v) is 17.4. The monoisotopic (exact) mass is 791 g/mol. The van der Waals surface area contributed by atoms with E-state index in [1.54, 1.807) is 0 Å². The van der Waals surface area contributed by atoms with Crippen molar-refractivity contribution in [1.82, 2.24) is 0 Å². The lowest BCUT2D eigenvalue weighted by atomic mass is 9.70. The predicted octanol–water partition coefficient (Wildman–Crippen LogP) is 16.4. The van der Waals surface area contributed by atoms with Crippen molar-refractivity contribution in [2.45, 2.75) is 5.41 Å². The van der Waals surface area contributed by atoms with Crippen molar-refractivity contribution in [1.29, 1.82) is 0 Å². The molecule has 1 nitrogen and oxygen atoms in total. The van der Waals surface area contributed by atoms with Gasteiger partial charge in [0.1, 0.15) is 0 Å². The number of fused-ring (bicyclic) bond motifs is 15. The van der Waals surface area contributed by atoms with E-state index in [0.717, 1.165) is 11.4 Å². The number of anilines is 3. The molecule has 0 fully saturated rings. The molecule has 0 N–H and O–H groups in total. The van der Waals surface area contributed by atoms with Gasteiger partial charge < -0.3 is 4.90 Å². The molecule has 2 aliphatic rings. The van der Waals surface area contributed by atoms with Gasteiger partial charge in [-0.1, -0.05) is 182 Å². The summed E-state index contributed by atoms with van der Waals surface area (Å²) in [7, 11) is 0. The zero-order valence-corrected chi connectivity index (χ0v) is 34.0. The van der Waals surface area contributed by atoms with E-state index in [2.05, 4.69) is 229 Å². The molecule has 61 heavy (non-hydrogen) atoms. The summed E-state index contributed by atoms with van der Waals surface area (Å²) in [5, 5.41) is 5.13. The summed E-state index contributed by atoms with van der Waals surface area (Å²) in [6.07, 6.45) is 0. The number of rotatable bonds is 5. The number of benzene rings is 10. The Morgan fingerprint density at radius 3 is 1.46 bits per heavy atom. The maximum atomic E-state index is 2.53. The molecule has 1 spiro atoms. The topological polar surface area (TPSA) is 3.24 Å². The normalized spacial score (nSPS) is 13.0. The van der Waals surface area contributed by atoms with E-state index in [-0.39, 0.29) is 5.41 Å². The first-order valence-corrected chi connectivity index (χ1v) is 21.9. The van der Waals surface area contributed by atoms with Gasteiger partial charge in [-0.2, -0.15) is 0 Å². The summed E-state index contributed by atoms with van der Waals surface area (Å²) in [6, 6.07) is 83.3. The first kappa shape index (κ1) is 34.4. The number of thiophene rings is 1. The summed E-state index contributed by atoms with van der Waals surface area (Å²) < 4.78 is 2.59. The van der Waals surface area contributed by atoms with Gasteiger partial charge in [-0.3, -0.25) is 0 Å². The van der Waals surface area contributed by atoms with Gasteiger partial charge in [0, 0.05) is 32.2 Å². The molecule has 0 unspecified atom stereocenters. The molecule has 284 valence electrons. The summed E-state index contributed by atoms with van der Waals surface area (Å²) in [4.78, 5) is 2.42. The van der Waals surface area contributed by atoms with E-state index < -0.39 is 0 Å². The van der Waals surface area contributed by atoms with Crippen LogP contribution in [0.3, 0.4) is 0 Å². The highest BCUT2D eigenvalue weighted by molar-refractivity contribution is 7.27. The van der Waals surface area contributed by atoms with Gasteiger partial charge in [0.2, 0.25) is 0 Å². The molecule has 2 heteroatoms. The van der Waals surface area contributed by atoms with E-state index in [9.17, 15) is 0 Å². The molecule has 0 saturated carbocycles. The Morgan fingerprint density at radius 1 is 0.295 bits per heavy atom. The van der Waals surface area contributed by atoms with Crippen molar-refractivity contribution in [3.8, 4) is 44.5 Å². The molecule has 1 heterocycles. The molecule has 0 aliphatic heterocycles. The Hall–Kier alpha value is -7.52. The van der Waals surface area contributed by atoms with Crippen molar-refractivity contribution < 1.29 is 0 Å². The highest BCUT2D eigenvalue weighted by atomic mass is 32.1. The molecule has 0 amide bonds. The summed E-state index contributed by atoms with van der Waals surface area (Å²) in [5.74, 6) is 0. The number of hydrogen-bond acceptors (Lipinski definition) is 2. The lowest BCUT2D eigenvalue weighted by molar-refractivity contribution is 0.794. The zero-order chi connectivity index (χ0) is 40.1. The highest BCUT2D eigenvalue weighted by Crippen LogP contribution is 2.63. The average Bonchev–Trinajstić information content (AvgIpc) is 3.97. The van der Waals surface area contributed by atoms with Crippen LogP contribution in [0, 0.1) is 0 Å². The van der Waals surface area contributed by atoms with Crippen molar-refractivity contribution >= 4 is 59.3 Å². The average molecular weight is 792 g/mol. The molecule has 2 aliphatic carbocycles. The SMILES string of the molecule is c1ccc(-c2ccc(N(c3ccccc3)c3cccc4c3sc3c5ccccc5c(-c5ccc6c(c5)C5(c7ccccc7-c7ccccc75)c5ccccc5-6)cc43)cc2)cc1. The van der Waals surface area contributed by atoms with Crippen molar-refractivity contribution in [2.24, 2.45) is 0 Å². The van der Waals surface area contributed by atoms with E-state index in [1.165, 1.54) is 103 Å². The van der Waals surface area contributed by atoms with Crippen molar-refractivity contribution in [2.75, 3.05) is 4.90 Å². The van der Waals surface area contributed by atoms with Crippen molar-refractivity contribution in [3.63, 3.8) is 0 Å². The minimum atomic E-state index is -0.390. The lowest BCUT2D eigenvalue weighted by Gasteiger charge is -2.30. The van der Waals surface area contributed by atoms with E-state index >= 15 is 0 Å². The van der Waals surface area contributed by atoms with Crippen LogP contribution in [0.15, 0.2) is 224 Å². The maximum Gasteiger partial charge on any atom is 0.0725 e. The smallest absolute Gasteiger partial charge is 0.0725 e. The van der Waals surface area contributed by atoms with Gasteiger partial charge in [0.05, 0.1) is 15.8 Å². The van der Waals surface area contributed by atoms with Gasteiger partial charge in [0.25, 0.3) is 0 Å². The fourth-order valence-corrected chi connectivity index (χ4v) is 12.0. The second kappa shape index (κ2) is 13.2. The molecule has 0 atom stereocenters. The van der Waals surface area contributed by atoms with Gasteiger partial charge >= 0.3 is 0 Å². The van der Waals surface area contributed by atoms with Crippen LogP contribution in [0.5, 0.6) is 0 Å². The van der Waals surface area contributed by atoms with Crippen molar-refractivity contribution in [3.05, 3.63) is 247 Å². The second-order valence-electron chi connectivity index (χ2n) is 16.3. The van der Waals surface area contributed by atoms with Gasteiger partial charge in [-0.15, -0.1) is 11.3 Å². The molecular formula is C59H37NS. The van der Waals surface area contributed by atoms with E-state index in [0.29, 0.717) is 0 Å². The highest BCUT2D eigenvalue weighted by Gasteiger charge is 2.51. The minimum Gasteiger partial charge on any atom is -0.309 e. The molecule has 11 aromatic rings. The summed E-state index contributed by atoms with van der Waals surface area (Å²) in [5.41, 5.74) is 18.8. The Kier molecular flexibility index (Phi) is 7.46. The molecule has 13 rings (SSSR count). The fourth-order valence-electron chi connectivity index (χ4n) is 10.7. The first-order chi connectivity index (χ1) is 30.3. The quantitative estimate of drug-likeness (QED) is 0.168. The Balaban J connectivity index is 1.03. The molecular weight excluding hydrogens is 755 g/mol. The molecule has 1 aromatic heterocycles. The van der Waals surface area contributed by atoms with E-state index in [4.69, 9.17) is 0 Å². The summed E-state index contributed by atoms with van der Waals surface area (Å²) >= 11 is 1.91. The summed E-state index contributed by atoms with van der Waals surface area (Å²) in [6.45, 7) is 0. The van der Waals surface area contributed by atoms with E-state index in [1.807, 2.05) is 11.3 Å². The molecule has 0 bridgehead atoms. The van der Waals surface area contributed by atoms with Crippen LogP contribution in [-0.4, -0.2) is 0 Å². The van der Waals surface area contributed by atoms with Gasteiger partial charge in [-0.05, 0) is 115 Å². The third kappa shape index (κ3) is 4.88. The van der Waals surface area contributed by atoms with Crippen LogP contribution in [0.25, 0.3) is 75.5 Å². The molecule has 0 saturated heterocycles. The van der Waals surface area contributed by atoms with Crippen LogP contribution in [0.2, 0.25) is 0 Å². The zero-order valence-electron chi connectivity index (χ0n) is 33.2. The first-order valence-electron chi connectivity index (χ1n) is 21.1. The van der Waals surface area contributed by atoms with Gasteiger partial charge in [-0.25, -0.2) is 0 Å². The Labute approximate surface area is 359 Å². The lowest BCUT2D eigenvalue weighted by Crippen LogP contribution is -2.25. The van der Waals surface area contributed by atoms with Crippen LogP contribution in [-0.2, 0) is 5.41 Å². The third-order valence-corrected chi connectivity index (χ3v) is 14.6. The van der Waals surface area contributed by atoms with Crippen LogP contribution in [0.1, 0.15) is 22.3 Å². The van der Waals surface area contributed by atoms with Crippen LogP contribution < -0.4 is 4.90 Å². The standard InChI is InChI=1S/C59H37NS/c1-3-16-38(17-4-1)39-30-33-42(34-31-39)60(41-18-5-2-6-19-41)56-29-15-25-49-51-37-50(43-20-7-8-24-48(43)57(51)61-58(49)56)40-32-35-47-46-23-11-14-28-54(46)59(55(47)36-40)52-26-12-9-21-44(52)45-22-10-13-27-53(45)59/h1-37H. The fraction of sp³-hybridized carbons (Fsp3) is 0.0169. The minimum absolute atomic E-state index is 0.390. The number of para-hydroxylation sites is 1. The number of hydrogen-bond donors (Lipinski definition) is 0. The maximum absolute atomic E-state index is 2.53. The van der Waals surface area contributed by atoms with Crippen LogP contribution in [0.4, 0.5) is 17.1 Å². The third-order valence-electron chi connectivity index (χ3n) is 13.3. The predicted molar refractivity (Wildman–Crippen MR) is 259 cm³/mol. The molecule has 0 radical (unpaired) electrons. The Morgan fingerprint density at radius 2 is 0.787 bits per heavy atom.